The summed E-state index contributed by atoms with van der Waals surface area (Å²) in [5.41, 5.74) is -1.68. The maximum atomic E-state index is 14.4. The van der Waals surface area contributed by atoms with Crippen molar-refractivity contribution < 1.29 is 42.3 Å². The van der Waals surface area contributed by atoms with Crippen LogP contribution in [0.3, 0.4) is 0 Å². The molecule has 1 aromatic heterocycles. The topological polar surface area (TPSA) is 173 Å². The van der Waals surface area contributed by atoms with E-state index in [4.69, 9.17) is 37.5 Å². The minimum Gasteiger partial charge on any atom is -0.497 e. The number of hydrogen-bond donors (Lipinski definition) is 1. The van der Waals surface area contributed by atoms with Crippen molar-refractivity contribution in [3.8, 4) is 17.6 Å². The second-order valence-electron chi connectivity index (χ2n) is 16.7. The summed E-state index contributed by atoms with van der Waals surface area (Å²) in [4.78, 5) is 43.4. The van der Waals surface area contributed by atoms with Crippen LogP contribution in [-0.2, 0) is 33.6 Å². The Labute approximate surface area is 378 Å². The van der Waals surface area contributed by atoms with Crippen molar-refractivity contribution in [2.24, 2.45) is 0 Å². The van der Waals surface area contributed by atoms with Gasteiger partial charge in [0.1, 0.15) is 41.5 Å². The first-order valence-electron chi connectivity index (χ1n) is 21.6. The Hall–Kier alpha value is -5.69. The third-order valence-corrected chi connectivity index (χ3v) is 14.3. The van der Waals surface area contributed by atoms with E-state index in [2.05, 4.69) is 15.7 Å². The average Bonchev–Trinajstić information content (AvgIpc) is 3.81. The predicted molar refractivity (Wildman–Crippen MR) is 240 cm³/mol. The molecule has 8 rings (SSSR count). The predicted octanol–water partition coefficient (Wildman–Crippen LogP) is 7.17. The number of aromatic amines is 1. The number of nitrogens with zero attached hydrogens (tertiary/aromatic N) is 3. The minimum atomic E-state index is -2.07. The lowest BCUT2D eigenvalue weighted by Crippen LogP contribution is -2.56. The number of hydrogen-bond acceptors (Lipinski definition) is 13. The van der Waals surface area contributed by atoms with Crippen molar-refractivity contribution in [3.63, 3.8) is 0 Å². The Kier molecular flexibility index (Phi) is 13.4. The van der Waals surface area contributed by atoms with E-state index >= 15 is 0 Å². The molecule has 2 saturated heterocycles. The van der Waals surface area contributed by atoms with Gasteiger partial charge in [-0.3, -0.25) is 14.3 Å². The third kappa shape index (κ3) is 8.29. The highest BCUT2D eigenvalue weighted by Gasteiger charge is 2.82. The first-order valence-corrected chi connectivity index (χ1v) is 22.7. The Morgan fingerprint density at radius 2 is 1.42 bits per heavy atom. The summed E-state index contributed by atoms with van der Waals surface area (Å²) in [5.74, 6) is 0.613. The zero-order valence-electron chi connectivity index (χ0n) is 37.3. The molecule has 65 heavy (non-hydrogen) atoms. The molecule has 15 nitrogen and oxygen atoms in total. The van der Waals surface area contributed by atoms with Crippen LogP contribution < -0.4 is 20.7 Å². The van der Waals surface area contributed by atoms with Crippen LogP contribution in [0.2, 0.25) is 0 Å². The molecule has 3 heterocycles. The van der Waals surface area contributed by atoms with E-state index in [1.54, 1.807) is 51.5 Å². The van der Waals surface area contributed by atoms with Crippen LogP contribution in [0.1, 0.15) is 73.0 Å². The molecule has 340 valence electrons. The lowest BCUT2D eigenvalue weighted by Gasteiger charge is -2.44. The molecule has 3 aliphatic rings. The van der Waals surface area contributed by atoms with E-state index in [-0.39, 0.29) is 36.2 Å². The number of H-pyrrole nitrogens is 1. The molecule has 5 aromatic rings. The molecule has 0 spiro atoms. The Bertz CT molecular complexity index is 2550. The Morgan fingerprint density at radius 3 is 1.97 bits per heavy atom. The number of nitrogens with one attached hydrogen (secondary N) is 1. The first-order chi connectivity index (χ1) is 31.4. The van der Waals surface area contributed by atoms with Crippen LogP contribution in [0.5, 0.6) is 11.5 Å². The number of esters is 1. The number of methoxy groups -OCH3 is 2. The zero-order chi connectivity index (χ0) is 46.0. The monoisotopic (exact) mass is 904 g/mol. The number of aryl methyl sites for hydroxylation is 1. The fourth-order valence-electron chi connectivity index (χ4n) is 9.30. The fourth-order valence-corrected chi connectivity index (χ4v) is 11.2. The highest BCUT2D eigenvalue weighted by molar-refractivity contribution is 7.44. The van der Waals surface area contributed by atoms with Crippen molar-refractivity contribution in [1.82, 2.24) is 14.2 Å². The molecule has 1 saturated carbocycles. The van der Waals surface area contributed by atoms with Gasteiger partial charge in [-0.15, -0.1) is 0 Å². The van der Waals surface area contributed by atoms with E-state index < -0.39 is 73.7 Å². The number of nitriles is 1. The van der Waals surface area contributed by atoms with Gasteiger partial charge in [0.2, 0.25) is 0 Å². The molecular weight excluding hydrogens is 852 g/mol. The van der Waals surface area contributed by atoms with Gasteiger partial charge in [0.05, 0.1) is 38.9 Å². The quantitative estimate of drug-likeness (QED) is 0.0406. The fraction of sp³-hybridized carbons (Fsp3) is 0.388. The Morgan fingerprint density at radius 1 is 0.846 bits per heavy atom. The summed E-state index contributed by atoms with van der Waals surface area (Å²) in [7, 11) is 1.12. The number of rotatable bonds is 18. The zero-order valence-corrected chi connectivity index (χ0v) is 38.2. The van der Waals surface area contributed by atoms with Crippen molar-refractivity contribution in [2.75, 3.05) is 20.8 Å². The number of fused-ring (bicyclic) bond motifs is 1. The van der Waals surface area contributed by atoms with Crippen LogP contribution in [0.15, 0.2) is 125 Å². The first kappa shape index (κ1) is 45.9. The molecule has 2 bridgehead atoms. The van der Waals surface area contributed by atoms with Crippen molar-refractivity contribution in [2.45, 2.75) is 101 Å². The van der Waals surface area contributed by atoms with Gasteiger partial charge in [-0.25, -0.2) is 14.3 Å². The summed E-state index contributed by atoms with van der Waals surface area (Å²) in [5, 5.41) is 9.62. The summed E-state index contributed by atoms with van der Waals surface area (Å²) in [6, 6.07) is 35.4. The van der Waals surface area contributed by atoms with Crippen LogP contribution in [0.25, 0.3) is 0 Å². The molecule has 3 fully saturated rings. The maximum Gasteiger partial charge on any atom is 0.338 e. The van der Waals surface area contributed by atoms with Crippen LogP contribution >= 0.6 is 8.53 Å². The summed E-state index contributed by atoms with van der Waals surface area (Å²) in [6.07, 6.45) is -5.31. The van der Waals surface area contributed by atoms with E-state index in [1.165, 1.54) is 10.8 Å². The molecule has 0 amide bonds. The minimum absolute atomic E-state index is 0.0388. The summed E-state index contributed by atoms with van der Waals surface area (Å²) >= 11 is 0. The van der Waals surface area contributed by atoms with Gasteiger partial charge >= 0.3 is 11.7 Å². The SMILES string of the molecule is COc1ccc(C(O[C@@H]2[C@@H]3O[C@@H]4[C@H](n5cc(C)c(=O)[nH]c5=O)O[C@H]2[C@@]4(OP(OCCC#N)N(C(C)C)C(C)C)[C@@H]3OC(=O)c2ccccc2)(c2ccccc2)c2ccc(OC)cc2)cc1. The molecule has 2 aliphatic heterocycles. The number of ether oxygens (including phenoxy) is 6. The van der Waals surface area contributed by atoms with Gasteiger partial charge in [-0.05, 0) is 87.7 Å². The average molecular weight is 905 g/mol. The molecule has 4 aromatic carbocycles. The van der Waals surface area contributed by atoms with Gasteiger partial charge in [0, 0.05) is 23.8 Å². The lowest BCUT2D eigenvalue weighted by molar-refractivity contribution is -0.176. The molecule has 8 atom stereocenters. The van der Waals surface area contributed by atoms with E-state index in [0.29, 0.717) is 11.5 Å². The van der Waals surface area contributed by atoms with Gasteiger partial charge in [0.15, 0.2) is 17.9 Å². The number of carbonyl (C=O) groups is 1. The standard InChI is InChI=1S/C49H53N4O11P/c1-30(2)53(31(3)4)65(59-28-14-27-50)64-49-41(62-46(55)33-15-10-8-11-16-33)39-40(42(49)61-45(43(49)60-39)52-29-32(5)44(54)51-47(52)56)63-48(34-17-12-9-13-18-34,35-19-23-37(57-6)24-20-35)36-21-25-38(58-7)26-22-36/h8-13,15-26,29-31,39-43,45H,14,28H2,1-7H3,(H,51,54,56)/t39-,40+,41+,42+,43+,45+,49-,65?/m0/s1. The van der Waals surface area contributed by atoms with Crippen molar-refractivity contribution in [1.29, 1.82) is 5.26 Å². The Balaban J connectivity index is 1.37. The molecule has 0 radical (unpaired) electrons. The van der Waals surface area contributed by atoms with Gasteiger partial charge in [-0.2, -0.15) is 5.26 Å². The number of aromatic nitrogens is 2. The van der Waals surface area contributed by atoms with Crippen LogP contribution in [0, 0.1) is 18.3 Å². The lowest BCUT2D eigenvalue weighted by atomic mass is 9.79. The second-order valence-corrected chi connectivity index (χ2v) is 18.1. The van der Waals surface area contributed by atoms with E-state index in [1.807, 2.05) is 107 Å². The molecule has 16 heteroatoms. The molecular formula is C49H53N4O11P. The molecule has 1 N–H and O–H groups in total. The molecule has 1 aliphatic carbocycles. The van der Waals surface area contributed by atoms with Crippen LogP contribution in [-0.4, -0.2) is 89.2 Å². The van der Waals surface area contributed by atoms with E-state index in [0.717, 1.165) is 16.7 Å². The summed E-state index contributed by atoms with van der Waals surface area (Å²) < 4.78 is 57.1. The number of benzene rings is 4. The van der Waals surface area contributed by atoms with Crippen LogP contribution in [0.4, 0.5) is 0 Å². The largest absolute Gasteiger partial charge is 0.497 e. The molecule has 1 unspecified atom stereocenters. The maximum absolute atomic E-state index is 14.4. The van der Waals surface area contributed by atoms with Gasteiger partial charge in [0.25, 0.3) is 14.1 Å². The normalized spacial score (nSPS) is 23.8. The smallest absolute Gasteiger partial charge is 0.338 e. The van der Waals surface area contributed by atoms with E-state index in [9.17, 15) is 19.6 Å². The highest BCUT2D eigenvalue weighted by Crippen LogP contribution is 2.65. The summed E-state index contributed by atoms with van der Waals surface area (Å²) in [6.45, 7) is 9.68. The van der Waals surface area contributed by atoms with Gasteiger partial charge in [-0.1, -0.05) is 72.8 Å². The van der Waals surface area contributed by atoms with Gasteiger partial charge < -0.3 is 37.5 Å². The number of carbonyl (C=O) groups excluding carboxylic acids is 1. The van der Waals surface area contributed by atoms with Crippen molar-refractivity contribution >= 4 is 14.5 Å². The second kappa shape index (κ2) is 19.0. The highest BCUT2D eigenvalue weighted by atomic mass is 31.2. The van der Waals surface area contributed by atoms with Crippen molar-refractivity contribution in [3.05, 3.63) is 164 Å². The third-order valence-electron chi connectivity index (χ3n) is 12.2.